The van der Waals surface area contributed by atoms with E-state index in [1.807, 2.05) is 0 Å². The second kappa shape index (κ2) is 5.00. The van der Waals surface area contributed by atoms with Crippen LogP contribution in [-0.4, -0.2) is 21.4 Å². The van der Waals surface area contributed by atoms with E-state index in [9.17, 15) is 23.3 Å². The quantitative estimate of drug-likeness (QED) is 0.504. The van der Waals surface area contributed by atoms with Crippen LogP contribution in [0.15, 0.2) is 6.20 Å². The third-order valence-corrected chi connectivity index (χ3v) is 2.75. The van der Waals surface area contributed by atoms with Crippen molar-refractivity contribution in [2.45, 2.75) is 13.0 Å². The summed E-state index contributed by atoms with van der Waals surface area (Å²) in [7, 11) is 0. The molecule has 0 aromatic carbocycles. The van der Waals surface area contributed by atoms with Crippen LogP contribution in [0.3, 0.4) is 0 Å². The van der Waals surface area contributed by atoms with E-state index in [0.717, 1.165) is 0 Å². The van der Waals surface area contributed by atoms with Gasteiger partial charge >= 0.3 is 6.36 Å². The second-order valence-electron chi connectivity index (χ2n) is 2.70. The average Bonchev–Trinajstić information content (AvgIpc) is 2.18. The lowest BCUT2D eigenvalue weighted by molar-refractivity contribution is -0.386. The fourth-order valence-electron chi connectivity index (χ4n) is 0.984. The minimum absolute atomic E-state index is 0.253. The number of pyridine rings is 1. The number of nitro groups is 1. The molecule has 0 unspecified atom stereocenters. The molecule has 0 aliphatic rings. The highest BCUT2D eigenvalue weighted by atomic mass is 127. The first-order valence-electron chi connectivity index (χ1n) is 3.94. The number of aliphatic hydroxyl groups excluding tert-OH is 1. The molecule has 1 rings (SSSR count). The zero-order chi connectivity index (χ0) is 13.2. The molecule has 6 nitrogen and oxygen atoms in total. The van der Waals surface area contributed by atoms with Crippen LogP contribution in [0.1, 0.15) is 5.56 Å². The van der Waals surface area contributed by atoms with Gasteiger partial charge in [-0.3, -0.25) is 10.1 Å². The number of halogens is 4. The van der Waals surface area contributed by atoms with Gasteiger partial charge < -0.3 is 9.84 Å². The summed E-state index contributed by atoms with van der Waals surface area (Å²) >= 11 is 1.39. The second-order valence-corrected chi connectivity index (χ2v) is 3.78. The van der Waals surface area contributed by atoms with Crippen LogP contribution in [0.4, 0.5) is 18.9 Å². The van der Waals surface area contributed by atoms with Crippen LogP contribution in [0.5, 0.6) is 5.88 Å². The zero-order valence-corrected chi connectivity index (χ0v) is 10.0. The Morgan fingerprint density at radius 3 is 2.59 bits per heavy atom. The molecule has 0 bridgehead atoms. The minimum atomic E-state index is -4.95. The maximum atomic E-state index is 12.0. The van der Waals surface area contributed by atoms with Gasteiger partial charge in [0.25, 0.3) is 5.69 Å². The molecule has 17 heavy (non-hydrogen) atoms. The maximum absolute atomic E-state index is 12.0. The molecule has 1 N–H and O–H groups in total. The predicted molar refractivity (Wildman–Crippen MR) is 56.2 cm³/mol. The van der Waals surface area contributed by atoms with Crippen LogP contribution >= 0.6 is 22.6 Å². The Balaban J connectivity index is 3.25. The largest absolute Gasteiger partial charge is 0.574 e. The van der Waals surface area contributed by atoms with Crippen LogP contribution < -0.4 is 4.74 Å². The highest BCUT2D eigenvalue weighted by molar-refractivity contribution is 14.1. The molecule has 0 saturated carbocycles. The highest BCUT2D eigenvalue weighted by Crippen LogP contribution is 2.32. The number of aromatic nitrogens is 1. The molecule has 0 atom stereocenters. The smallest absolute Gasteiger partial charge is 0.391 e. The molecule has 0 radical (unpaired) electrons. The molecule has 1 heterocycles. The van der Waals surface area contributed by atoms with Crippen LogP contribution in [-0.2, 0) is 6.61 Å². The number of alkyl halides is 3. The molecule has 94 valence electrons. The summed E-state index contributed by atoms with van der Waals surface area (Å²) in [5.74, 6) is -0.826. The number of aliphatic hydroxyl groups is 1. The van der Waals surface area contributed by atoms with Gasteiger partial charge in [-0.1, -0.05) is 0 Å². The van der Waals surface area contributed by atoms with Crippen LogP contribution in [0.25, 0.3) is 0 Å². The van der Waals surface area contributed by atoms with E-state index >= 15 is 0 Å². The van der Waals surface area contributed by atoms with Crippen molar-refractivity contribution in [1.29, 1.82) is 0 Å². The van der Waals surface area contributed by atoms with Crippen molar-refractivity contribution in [3.63, 3.8) is 0 Å². The number of ether oxygens (including phenoxy) is 1. The lowest BCUT2D eigenvalue weighted by Gasteiger charge is -2.11. The van der Waals surface area contributed by atoms with Gasteiger partial charge in [-0.25, -0.2) is 4.98 Å². The molecular weight excluding hydrogens is 360 g/mol. The Labute approximate surface area is 106 Å². The minimum Gasteiger partial charge on any atom is -0.391 e. The Morgan fingerprint density at radius 2 is 2.18 bits per heavy atom. The topological polar surface area (TPSA) is 85.5 Å². The van der Waals surface area contributed by atoms with Gasteiger partial charge in [0.05, 0.1) is 20.7 Å². The molecule has 1 aromatic rings. The standard InChI is InChI=1S/C7H4F3IN2O4/c8-7(9,10)17-6-5(11)3(2-14)4(1-12-6)13(15)16/h1,14H,2H2. The van der Waals surface area contributed by atoms with Crippen molar-refractivity contribution >= 4 is 28.3 Å². The van der Waals surface area contributed by atoms with Crippen molar-refractivity contribution in [2.24, 2.45) is 0 Å². The van der Waals surface area contributed by atoms with Gasteiger partial charge in [-0.2, -0.15) is 0 Å². The Kier molecular flexibility index (Phi) is 4.08. The molecule has 0 aliphatic heterocycles. The fourth-order valence-corrected chi connectivity index (χ4v) is 1.68. The molecule has 0 amide bonds. The van der Waals surface area contributed by atoms with Gasteiger partial charge in [-0.15, -0.1) is 13.2 Å². The Morgan fingerprint density at radius 1 is 1.59 bits per heavy atom. The first-order chi connectivity index (χ1) is 7.76. The summed E-state index contributed by atoms with van der Waals surface area (Å²) in [4.78, 5) is 12.9. The first-order valence-corrected chi connectivity index (χ1v) is 5.02. The number of hydrogen-bond acceptors (Lipinski definition) is 5. The molecule has 0 saturated heterocycles. The third-order valence-electron chi connectivity index (χ3n) is 1.63. The summed E-state index contributed by atoms with van der Waals surface area (Å²) in [6.45, 7) is -0.786. The highest BCUT2D eigenvalue weighted by Gasteiger charge is 2.34. The average molecular weight is 364 g/mol. The van der Waals surface area contributed by atoms with Crippen molar-refractivity contribution in [3.8, 4) is 5.88 Å². The van der Waals surface area contributed by atoms with E-state index in [0.29, 0.717) is 6.20 Å². The first kappa shape index (κ1) is 13.9. The van der Waals surface area contributed by atoms with Gasteiger partial charge in [0, 0.05) is 0 Å². The summed E-state index contributed by atoms with van der Waals surface area (Å²) in [6, 6.07) is 0. The van der Waals surface area contributed by atoms with Crippen LogP contribution in [0, 0.1) is 13.7 Å². The van der Waals surface area contributed by atoms with Crippen LogP contribution in [0.2, 0.25) is 0 Å². The number of hydrogen-bond donors (Lipinski definition) is 1. The number of nitrogens with zero attached hydrogens (tertiary/aromatic N) is 2. The lowest BCUT2D eigenvalue weighted by atomic mass is 10.2. The van der Waals surface area contributed by atoms with Gasteiger partial charge in [0.1, 0.15) is 6.20 Å². The normalized spacial score (nSPS) is 11.4. The van der Waals surface area contributed by atoms with Gasteiger partial charge in [-0.05, 0) is 22.6 Å². The Bertz CT molecular complexity index is 451. The molecule has 0 fully saturated rings. The van der Waals surface area contributed by atoms with E-state index in [2.05, 4.69) is 9.72 Å². The molecule has 0 aliphatic carbocycles. The van der Waals surface area contributed by atoms with E-state index in [1.54, 1.807) is 0 Å². The SMILES string of the molecule is O=[N+]([O-])c1cnc(OC(F)(F)F)c(I)c1CO. The monoisotopic (exact) mass is 364 g/mol. The maximum Gasteiger partial charge on any atom is 0.574 e. The van der Waals surface area contributed by atoms with Crippen molar-refractivity contribution in [1.82, 2.24) is 4.98 Å². The van der Waals surface area contributed by atoms with E-state index in [4.69, 9.17) is 5.11 Å². The fraction of sp³-hybridized carbons (Fsp3) is 0.286. The van der Waals surface area contributed by atoms with E-state index in [1.165, 1.54) is 22.6 Å². The third kappa shape index (κ3) is 3.39. The van der Waals surface area contributed by atoms with E-state index in [-0.39, 0.29) is 9.13 Å². The molecule has 10 heteroatoms. The molecular formula is C7H4F3IN2O4. The van der Waals surface area contributed by atoms with E-state index < -0.39 is 29.5 Å². The zero-order valence-electron chi connectivity index (χ0n) is 7.86. The summed E-state index contributed by atoms with van der Waals surface area (Å²) in [5.41, 5.74) is -0.837. The van der Waals surface area contributed by atoms with Gasteiger partial charge in [0.2, 0.25) is 5.88 Å². The molecule has 0 spiro atoms. The number of rotatable bonds is 3. The Hall–Kier alpha value is -1.17. The molecule has 1 aromatic heterocycles. The predicted octanol–water partition coefficient (Wildman–Crippen LogP) is 1.99. The summed E-state index contributed by atoms with van der Waals surface area (Å²) in [6.07, 6.45) is -4.34. The van der Waals surface area contributed by atoms with Crippen molar-refractivity contribution in [2.75, 3.05) is 0 Å². The summed E-state index contributed by atoms with van der Waals surface area (Å²) in [5, 5.41) is 19.4. The van der Waals surface area contributed by atoms with Crippen molar-refractivity contribution < 1.29 is 27.9 Å². The van der Waals surface area contributed by atoms with Crippen molar-refractivity contribution in [3.05, 3.63) is 25.4 Å². The van der Waals surface area contributed by atoms with Gasteiger partial charge in [0.15, 0.2) is 0 Å². The lowest BCUT2D eigenvalue weighted by Crippen LogP contribution is -2.19. The summed E-state index contributed by atoms with van der Waals surface area (Å²) < 4.78 is 39.2.